The predicted octanol–water partition coefficient (Wildman–Crippen LogP) is 3.24. The molecule has 0 amide bonds. The number of hydrogen-bond acceptors (Lipinski definition) is 5. The molecule has 0 aliphatic carbocycles. The number of nitrogens with zero attached hydrogens (tertiary/aromatic N) is 3. The van der Waals surface area contributed by atoms with Gasteiger partial charge in [-0.2, -0.15) is 4.98 Å². The van der Waals surface area contributed by atoms with Crippen LogP contribution in [0.15, 0.2) is 34.9 Å². The van der Waals surface area contributed by atoms with E-state index in [1.54, 1.807) is 13.3 Å². The van der Waals surface area contributed by atoms with Crippen molar-refractivity contribution in [2.45, 2.75) is 26.4 Å². The highest BCUT2D eigenvalue weighted by atomic mass is 79.9. The lowest BCUT2D eigenvalue weighted by atomic mass is 10.2. The van der Waals surface area contributed by atoms with Crippen LogP contribution in [0.5, 0.6) is 5.88 Å². The van der Waals surface area contributed by atoms with Gasteiger partial charge in [-0.25, -0.2) is 4.98 Å². The molecule has 1 heterocycles. The summed E-state index contributed by atoms with van der Waals surface area (Å²) in [5.74, 6) is 1.16. The quantitative estimate of drug-likeness (QED) is 0.838. The van der Waals surface area contributed by atoms with Crippen molar-refractivity contribution in [3.63, 3.8) is 0 Å². The van der Waals surface area contributed by atoms with E-state index in [4.69, 9.17) is 10.5 Å². The normalized spacial score (nSPS) is 10.7. The predicted molar refractivity (Wildman–Crippen MR) is 88.5 cm³/mol. The molecule has 2 N–H and O–H groups in total. The number of aromatic nitrogens is 2. The van der Waals surface area contributed by atoms with E-state index in [0.29, 0.717) is 18.4 Å². The maximum atomic E-state index is 5.84. The highest BCUT2D eigenvalue weighted by molar-refractivity contribution is 9.10. The van der Waals surface area contributed by atoms with Gasteiger partial charge in [-0.3, -0.25) is 0 Å². The zero-order chi connectivity index (χ0) is 15.4. The van der Waals surface area contributed by atoms with Crippen molar-refractivity contribution in [1.82, 2.24) is 9.97 Å². The summed E-state index contributed by atoms with van der Waals surface area (Å²) in [7, 11) is 1.59. The molecule has 0 atom stereocenters. The number of halogens is 1. The minimum absolute atomic E-state index is 0.248. The van der Waals surface area contributed by atoms with Gasteiger partial charge in [0.1, 0.15) is 0 Å². The van der Waals surface area contributed by atoms with Gasteiger partial charge in [0, 0.05) is 18.3 Å². The molecule has 1 aromatic heterocycles. The van der Waals surface area contributed by atoms with E-state index in [-0.39, 0.29) is 6.04 Å². The average Bonchev–Trinajstić information content (AvgIpc) is 2.45. The molecule has 0 spiro atoms. The van der Waals surface area contributed by atoms with E-state index >= 15 is 0 Å². The molecule has 0 fully saturated rings. The smallest absolute Gasteiger partial charge is 0.232 e. The van der Waals surface area contributed by atoms with Crippen LogP contribution in [0.4, 0.5) is 11.6 Å². The fraction of sp³-hybridized carbons (Fsp3) is 0.333. The van der Waals surface area contributed by atoms with Crippen LogP contribution in [0.1, 0.15) is 19.4 Å². The summed E-state index contributed by atoms with van der Waals surface area (Å²) in [4.78, 5) is 10.9. The topological polar surface area (TPSA) is 64.3 Å². The van der Waals surface area contributed by atoms with Crippen molar-refractivity contribution < 1.29 is 4.74 Å². The van der Waals surface area contributed by atoms with Crippen molar-refractivity contribution in [2.24, 2.45) is 0 Å². The number of methoxy groups -OCH3 is 1. The van der Waals surface area contributed by atoms with E-state index in [2.05, 4.69) is 44.6 Å². The molecule has 21 heavy (non-hydrogen) atoms. The molecule has 0 unspecified atom stereocenters. The Bertz CT molecular complexity index is 618. The van der Waals surface area contributed by atoms with Gasteiger partial charge in [0.05, 0.1) is 17.8 Å². The van der Waals surface area contributed by atoms with Gasteiger partial charge in [-0.1, -0.05) is 12.1 Å². The Morgan fingerprint density at radius 3 is 2.76 bits per heavy atom. The summed E-state index contributed by atoms with van der Waals surface area (Å²) in [6.07, 6.45) is 1.70. The minimum atomic E-state index is 0.248. The molecule has 2 rings (SSSR count). The molecule has 0 saturated carbocycles. The molecule has 0 aliphatic rings. The van der Waals surface area contributed by atoms with Gasteiger partial charge in [0.2, 0.25) is 11.8 Å². The fourth-order valence-electron chi connectivity index (χ4n) is 2.00. The SMILES string of the molecule is COc1nc(N(Cc2cccc(N)c2)C(C)C)ncc1Br. The molecule has 2 aromatic rings. The second kappa shape index (κ2) is 6.76. The molecule has 0 aliphatic heterocycles. The highest BCUT2D eigenvalue weighted by Crippen LogP contribution is 2.25. The molecule has 0 bridgehead atoms. The van der Waals surface area contributed by atoms with Crippen molar-refractivity contribution in [2.75, 3.05) is 17.7 Å². The van der Waals surface area contributed by atoms with Gasteiger partial charge < -0.3 is 15.4 Å². The number of benzene rings is 1. The van der Waals surface area contributed by atoms with Gasteiger partial charge in [-0.05, 0) is 47.5 Å². The molecular weight excluding hydrogens is 332 g/mol. The average molecular weight is 351 g/mol. The first kappa shape index (κ1) is 15.6. The Labute approximate surface area is 133 Å². The third-order valence-electron chi connectivity index (χ3n) is 3.08. The van der Waals surface area contributed by atoms with Crippen LogP contribution in [0.2, 0.25) is 0 Å². The summed E-state index contributed by atoms with van der Waals surface area (Å²) in [6.45, 7) is 4.89. The number of hydrogen-bond donors (Lipinski definition) is 1. The van der Waals surface area contributed by atoms with E-state index in [1.807, 2.05) is 24.3 Å². The standard InChI is InChI=1S/C15H19BrN4O/c1-10(2)20(9-11-5-4-6-12(17)7-11)15-18-8-13(16)14(19-15)21-3/h4-8,10H,9,17H2,1-3H3. The van der Waals surface area contributed by atoms with E-state index in [0.717, 1.165) is 15.7 Å². The molecule has 0 saturated heterocycles. The van der Waals surface area contributed by atoms with Crippen molar-refractivity contribution in [1.29, 1.82) is 0 Å². The maximum Gasteiger partial charge on any atom is 0.232 e. The van der Waals surface area contributed by atoms with Gasteiger partial charge >= 0.3 is 0 Å². The highest BCUT2D eigenvalue weighted by Gasteiger charge is 2.16. The summed E-state index contributed by atoms with van der Waals surface area (Å²) in [6, 6.07) is 8.08. The number of nitrogens with two attached hydrogens (primary N) is 1. The first-order chi connectivity index (χ1) is 10.0. The van der Waals surface area contributed by atoms with Crippen LogP contribution in [-0.2, 0) is 6.54 Å². The van der Waals surface area contributed by atoms with Crippen LogP contribution in [0.3, 0.4) is 0 Å². The van der Waals surface area contributed by atoms with Crippen molar-refractivity contribution in [3.05, 3.63) is 40.5 Å². The van der Waals surface area contributed by atoms with Gasteiger partial charge in [0.15, 0.2) is 0 Å². The second-order valence-corrected chi connectivity index (χ2v) is 5.85. The second-order valence-electron chi connectivity index (χ2n) is 4.99. The lowest BCUT2D eigenvalue weighted by Crippen LogP contribution is -2.31. The summed E-state index contributed by atoms with van der Waals surface area (Å²) in [5.41, 5.74) is 7.71. The first-order valence-electron chi connectivity index (χ1n) is 6.69. The first-order valence-corrected chi connectivity index (χ1v) is 7.48. The Kier molecular flexibility index (Phi) is 5.01. The van der Waals surface area contributed by atoms with E-state index < -0.39 is 0 Å². The van der Waals surface area contributed by atoms with Crippen LogP contribution in [0, 0.1) is 0 Å². The monoisotopic (exact) mass is 350 g/mol. The molecule has 112 valence electrons. The molecule has 1 aromatic carbocycles. The largest absolute Gasteiger partial charge is 0.480 e. The molecule has 0 radical (unpaired) electrons. The number of anilines is 2. The Balaban J connectivity index is 2.31. The Morgan fingerprint density at radius 2 is 2.14 bits per heavy atom. The lowest BCUT2D eigenvalue weighted by Gasteiger charge is -2.27. The zero-order valence-corrected chi connectivity index (χ0v) is 14.0. The fourth-order valence-corrected chi connectivity index (χ4v) is 2.35. The molecule has 6 heteroatoms. The van der Waals surface area contributed by atoms with Gasteiger partial charge in [-0.15, -0.1) is 0 Å². The maximum absolute atomic E-state index is 5.84. The summed E-state index contributed by atoms with van der Waals surface area (Å²) in [5, 5.41) is 0. The molecular formula is C15H19BrN4O. The third-order valence-corrected chi connectivity index (χ3v) is 3.62. The minimum Gasteiger partial charge on any atom is -0.480 e. The van der Waals surface area contributed by atoms with Crippen LogP contribution in [-0.4, -0.2) is 23.1 Å². The van der Waals surface area contributed by atoms with Crippen LogP contribution < -0.4 is 15.4 Å². The summed E-state index contributed by atoms with van der Waals surface area (Å²) < 4.78 is 5.98. The van der Waals surface area contributed by atoms with Crippen LogP contribution >= 0.6 is 15.9 Å². The Hall–Kier alpha value is -1.82. The van der Waals surface area contributed by atoms with Crippen LogP contribution in [0.25, 0.3) is 0 Å². The third kappa shape index (κ3) is 3.85. The number of rotatable bonds is 5. The van der Waals surface area contributed by atoms with Crippen molar-refractivity contribution >= 4 is 27.6 Å². The van der Waals surface area contributed by atoms with E-state index in [1.165, 1.54) is 0 Å². The number of nitrogen functional groups attached to an aromatic ring is 1. The zero-order valence-electron chi connectivity index (χ0n) is 12.4. The van der Waals surface area contributed by atoms with E-state index in [9.17, 15) is 0 Å². The molecule has 5 nitrogen and oxygen atoms in total. The lowest BCUT2D eigenvalue weighted by molar-refractivity contribution is 0.393. The van der Waals surface area contributed by atoms with Crippen molar-refractivity contribution in [3.8, 4) is 5.88 Å². The summed E-state index contributed by atoms with van der Waals surface area (Å²) >= 11 is 3.37. The Morgan fingerprint density at radius 1 is 1.38 bits per heavy atom. The number of ether oxygens (including phenoxy) is 1. The van der Waals surface area contributed by atoms with Gasteiger partial charge in [0.25, 0.3) is 0 Å².